The van der Waals surface area contributed by atoms with Gasteiger partial charge in [-0.2, -0.15) is 4.98 Å². The van der Waals surface area contributed by atoms with Crippen molar-refractivity contribution in [1.29, 1.82) is 0 Å². The topological polar surface area (TPSA) is 96.3 Å². The lowest BCUT2D eigenvalue weighted by Gasteiger charge is -2.16. The minimum absolute atomic E-state index is 0.0697. The predicted octanol–water partition coefficient (Wildman–Crippen LogP) is 4.50. The van der Waals surface area contributed by atoms with Crippen molar-refractivity contribution in [1.82, 2.24) is 15.5 Å². The standard InChI is InChI=1S/C21H26F2N6O2S/c1-3-24-7-4-8-25-18-9-15(30-2)6-5-14(18)12-26-19-10-17(23)20(11-16(19)22)32-29-21-27-13-31-28-21/h5-6,9-11,13,24-26H,3-4,7-8,12H2,1-2H3,(H,28,29). The van der Waals surface area contributed by atoms with Crippen LogP contribution in [0.1, 0.15) is 18.9 Å². The summed E-state index contributed by atoms with van der Waals surface area (Å²) in [4.78, 5) is 3.84. The van der Waals surface area contributed by atoms with Crippen molar-refractivity contribution in [3.63, 3.8) is 0 Å². The molecule has 0 amide bonds. The smallest absolute Gasteiger partial charge is 0.273 e. The first-order valence-electron chi connectivity index (χ1n) is 10.1. The van der Waals surface area contributed by atoms with Gasteiger partial charge in [0.05, 0.1) is 17.7 Å². The predicted molar refractivity (Wildman–Crippen MR) is 122 cm³/mol. The molecular formula is C21H26F2N6O2S. The molecule has 0 saturated heterocycles. The first-order valence-corrected chi connectivity index (χ1v) is 11.0. The van der Waals surface area contributed by atoms with E-state index in [9.17, 15) is 8.78 Å². The summed E-state index contributed by atoms with van der Waals surface area (Å²) >= 11 is 0.856. The number of methoxy groups -OCH3 is 1. The monoisotopic (exact) mass is 464 g/mol. The van der Waals surface area contributed by atoms with Crippen LogP contribution in [0.3, 0.4) is 0 Å². The van der Waals surface area contributed by atoms with E-state index in [2.05, 4.69) is 42.3 Å². The third-order valence-electron chi connectivity index (χ3n) is 4.52. The molecule has 1 heterocycles. The van der Waals surface area contributed by atoms with Gasteiger partial charge in [-0.05, 0) is 54.3 Å². The Morgan fingerprint density at radius 1 is 1.06 bits per heavy atom. The van der Waals surface area contributed by atoms with E-state index in [0.29, 0.717) is 6.54 Å². The van der Waals surface area contributed by atoms with Gasteiger partial charge in [0.1, 0.15) is 17.4 Å². The Kier molecular flexibility index (Phi) is 8.93. The van der Waals surface area contributed by atoms with Crippen molar-refractivity contribution < 1.29 is 18.0 Å². The van der Waals surface area contributed by atoms with E-state index in [1.54, 1.807) is 7.11 Å². The van der Waals surface area contributed by atoms with Crippen molar-refractivity contribution in [2.45, 2.75) is 24.8 Å². The molecular weight excluding hydrogens is 438 g/mol. The molecule has 0 aliphatic rings. The van der Waals surface area contributed by atoms with Crippen LogP contribution in [-0.4, -0.2) is 36.9 Å². The van der Waals surface area contributed by atoms with Gasteiger partial charge < -0.3 is 25.2 Å². The fourth-order valence-corrected chi connectivity index (χ4v) is 3.47. The third-order valence-corrected chi connectivity index (χ3v) is 5.33. The lowest BCUT2D eigenvalue weighted by atomic mass is 10.1. The van der Waals surface area contributed by atoms with Gasteiger partial charge in [0.25, 0.3) is 5.95 Å². The highest BCUT2D eigenvalue weighted by atomic mass is 32.2. The van der Waals surface area contributed by atoms with Crippen molar-refractivity contribution in [2.24, 2.45) is 0 Å². The summed E-state index contributed by atoms with van der Waals surface area (Å²) in [5, 5.41) is 13.2. The minimum atomic E-state index is -0.577. The summed E-state index contributed by atoms with van der Waals surface area (Å²) in [6.45, 7) is 4.99. The average Bonchev–Trinajstić information content (AvgIpc) is 3.32. The summed E-state index contributed by atoms with van der Waals surface area (Å²) in [6.07, 6.45) is 2.09. The molecule has 0 bridgehead atoms. The zero-order chi connectivity index (χ0) is 22.8. The fourth-order valence-electron chi connectivity index (χ4n) is 2.86. The highest BCUT2D eigenvalue weighted by molar-refractivity contribution is 8.00. The Bertz CT molecular complexity index is 991. The second-order valence-electron chi connectivity index (χ2n) is 6.73. The SMILES string of the molecule is CCNCCCNc1cc(OC)ccc1CNc1cc(F)c(SNc2ncon2)cc1F. The van der Waals surface area contributed by atoms with Crippen LogP contribution < -0.4 is 25.4 Å². The quantitative estimate of drug-likeness (QED) is 0.215. The molecule has 32 heavy (non-hydrogen) atoms. The molecule has 3 aromatic rings. The van der Waals surface area contributed by atoms with Gasteiger partial charge in [-0.15, -0.1) is 0 Å². The lowest BCUT2D eigenvalue weighted by molar-refractivity contribution is 0.415. The van der Waals surface area contributed by atoms with Crippen molar-refractivity contribution in [3.05, 3.63) is 53.9 Å². The zero-order valence-corrected chi connectivity index (χ0v) is 18.7. The Balaban J connectivity index is 1.64. The number of nitrogens with zero attached hydrogens (tertiary/aromatic N) is 2. The number of benzene rings is 2. The van der Waals surface area contributed by atoms with Crippen LogP contribution in [0.25, 0.3) is 0 Å². The molecule has 0 atom stereocenters. The number of aromatic nitrogens is 2. The molecule has 3 rings (SSSR count). The Morgan fingerprint density at radius 3 is 2.69 bits per heavy atom. The summed E-state index contributed by atoms with van der Waals surface area (Å²) in [5.41, 5.74) is 1.86. The van der Waals surface area contributed by atoms with E-state index in [-0.39, 0.29) is 16.5 Å². The summed E-state index contributed by atoms with van der Waals surface area (Å²) in [5.74, 6) is -0.262. The molecule has 0 fully saturated rings. The number of hydrogen-bond donors (Lipinski definition) is 4. The van der Waals surface area contributed by atoms with E-state index in [0.717, 1.165) is 73.5 Å². The number of nitrogens with one attached hydrogen (secondary N) is 4. The zero-order valence-electron chi connectivity index (χ0n) is 17.9. The largest absolute Gasteiger partial charge is 0.497 e. The van der Waals surface area contributed by atoms with Gasteiger partial charge in [-0.1, -0.05) is 13.0 Å². The molecule has 1 aromatic heterocycles. The number of rotatable bonds is 13. The van der Waals surface area contributed by atoms with Crippen molar-refractivity contribution >= 4 is 29.3 Å². The van der Waals surface area contributed by atoms with E-state index in [4.69, 9.17) is 4.74 Å². The number of hydrogen-bond acceptors (Lipinski definition) is 9. The molecule has 0 unspecified atom stereocenters. The van der Waals surface area contributed by atoms with Crippen LogP contribution in [0.2, 0.25) is 0 Å². The number of halogens is 2. The molecule has 2 aromatic carbocycles. The highest BCUT2D eigenvalue weighted by Gasteiger charge is 2.13. The average molecular weight is 465 g/mol. The summed E-state index contributed by atoms with van der Waals surface area (Å²) < 4.78 is 41.6. The van der Waals surface area contributed by atoms with Crippen molar-refractivity contribution in [3.8, 4) is 5.75 Å². The van der Waals surface area contributed by atoms with Crippen LogP contribution in [0.4, 0.5) is 26.1 Å². The molecule has 0 aliphatic heterocycles. The highest BCUT2D eigenvalue weighted by Crippen LogP contribution is 2.29. The normalized spacial score (nSPS) is 10.8. The van der Waals surface area contributed by atoms with Crippen LogP contribution in [-0.2, 0) is 6.54 Å². The van der Waals surface area contributed by atoms with Crippen LogP contribution in [0.5, 0.6) is 5.75 Å². The molecule has 0 aliphatic carbocycles. The third kappa shape index (κ3) is 6.72. The number of ether oxygens (including phenoxy) is 1. The fraction of sp³-hybridized carbons (Fsp3) is 0.333. The van der Waals surface area contributed by atoms with Crippen LogP contribution >= 0.6 is 11.9 Å². The van der Waals surface area contributed by atoms with Crippen LogP contribution in [0.15, 0.2) is 46.1 Å². The van der Waals surface area contributed by atoms with E-state index >= 15 is 0 Å². The maximum absolute atomic E-state index is 14.6. The van der Waals surface area contributed by atoms with Gasteiger partial charge >= 0.3 is 0 Å². The Labute approximate surface area is 189 Å². The minimum Gasteiger partial charge on any atom is -0.497 e. The summed E-state index contributed by atoms with van der Waals surface area (Å²) in [6, 6.07) is 7.86. The molecule has 172 valence electrons. The maximum Gasteiger partial charge on any atom is 0.273 e. The van der Waals surface area contributed by atoms with Gasteiger partial charge in [0, 0.05) is 30.9 Å². The number of anilines is 3. The molecule has 0 spiro atoms. The van der Waals surface area contributed by atoms with Gasteiger partial charge in [0.15, 0.2) is 0 Å². The Hall–Kier alpha value is -3.05. The van der Waals surface area contributed by atoms with Gasteiger partial charge in [-0.25, -0.2) is 8.78 Å². The van der Waals surface area contributed by atoms with Crippen molar-refractivity contribution in [2.75, 3.05) is 42.1 Å². The van der Waals surface area contributed by atoms with E-state index in [1.807, 2.05) is 18.2 Å². The summed E-state index contributed by atoms with van der Waals surface area (Å²) in [7, 11) is 1.60. The van der Waals surface area contributed by atoms with Gasteiger partial charge in [-0.3, -0.25) is 4.72 Å². The maximum atomic E-state index is 14.6. The molecule has 4 N–H and O–H groups in total. The van der Waals surface area contributed by atoms with Crippen LogP contribution in [0, 0.1) is 11.6 Å². The van der Waals surface area contributed by atoms with Gasteiger partial charge in [0.2, 0.25) is 6.39 Å². The molecule has 8 nitrogen and oxygen atoms in total. The lowest BCUT2D eigenvalue weighted by Crippen LogP contribution is -2.17. The van der Waals surface area contributed by atoms with E-state index < -0.39 is 11.6 Å². The van der Waals surface area contributed by atoms with E-state index in [1.165, 1.54) is 0 Å². The first kappa shape index (κ1) is 23.6. The Morgan fingerprint density at radius 2 is 1.94 bits per heavy atom. The molecule has 0 saturated carbocycles. The second kappa shape index (κ2) is 12.1. The molecule has 11 heteroatoms. The molecule has 0 radical (unpaired) electrons. The first-order chi connectivity index (χ1) is 15.6. The second-order valence-corrected chi connectivity index (χ2v) is 7.58.